The zero-order chi connectivity index (χ0) is 18.9. The van der Waals surface area contributed by atoms with E-state index in [4.69, 9.17) is 4.74 Å². The first kappa shape index (κ1) is 19.8. The van der Waals surface area contributed by atoms with E-state index in [9.17, 15) is 18.8 Å². The van der Waals surface area contributed by atoms with Gasteiger partial charge in [-0.25, -0.2) is 4.39 Å². The molecule has 142 valence electrons. The third kappa shape index (κ3) is 5.80. The Bertz CT molecular complexity index is 636. The molecule has 7 nitrogen and oxygen atoms in total. The van der Waals surface area contributed by atoms with Gasteiger partial charge in [0.1, 0.15) is 12.4 Å². The molecule has 2 N–H and O–H groups in total. The fourth-order valence-electron chi connectivity index (χ4n) is 2.84. The van der Waals surface area contributed by atoms with Gasteiger partial charge in [-0.3, -0.25) is 14.4 Å². The summed E-state index contributed by atoms with van der Waals surface area (Å²) in [6.07, 6.45) is 1.50. The lowest BCUT2D eigenvalue weighted by atomic mass is 9.97. The highest BCUT2D eigenvalue weighted by atomic mass is 19.1. The van der Waals surface area contributed by atoms with Gasteiger partial charge >= 0.3 is 0 Å². The largest absolute Gasteiger partial charge is 0.375 e. The van der Waals surface area contributed by atoms with Gasteiger partial charge in [0.2, 0.25) is 11.8 Å². The summed E-state index contributed by atoms with van der Waals surface area (Å²) in [6.45, 7) is 1.59. The predicted octanol–water partition coefficient (Wildman–Crippen LogP) is 0.557. The SMILES string of the molecule is COCC(=O)N1CCC[C@H](C(=O)NCCNC(=O)c2ccc(F)cc2)C1. The zero-order valence-corrected chi connectivity index (χ0v) is 14.8. The van der Waals surface area contributed by atoms with Crippen LogP contribution >= 0.6 is 0 Å². The van der Waals surface area contributed by atoms with Gasteiger partial charge in [-0.2, -0.15) is 0 Å². The molecule has 1 fully saturated rings. The maximum Gasteiger partial charge on any atom is 0.251 e. The van der Waals surface area contributed by atoms with E-state index in [1.807, 2.05) is 0 Å². The molecule has 0 radical (unpaired) electrons. The maximum atomic E-state index is 12.8. The number of carbonyl (C=O) groups is 3. The number of piperidine rings is 1. The molecule has 3 amide bonds. The minimum atomic E-state index is -0.403. The Morgan fingerprint density at radius 2 is 1.88 bits per heavy atom. The number of carbonyl (C=O) groups excluding carboxylic acids is 3. The van der Waals surface area contributed by atoms with Crippen LogP contribution in [0.4, 0.5) is 4.39 Å². The molecular weight excluding hydrogens is 341 g/mol. The van der Waals surface area contributed by atoms with E-state index in [1.54, 1.807) is 4.90 Å². The van der Waals surface area contributed by atoms with Crippen molar-refractivity contribution in [2.24, 2.45) is 5.92 Å². The lowest BCUT2D eigenvalue weighted by molar-refractivity contribution is -0.138. The molecule has 0 aliphatic carbocycles. The molecule has 8 heteroatoms. The number of likely N-dealkylation sites (tertiary alicyclic amines) is 1. The lowest BCUT2D eigenvalue weighted by Gasteiger charge is -2.31. The Labute approximate surface area is 151 Å². The molecule has 1 atom stereocenters. The van der Waals surface area contributed by atoms with Gasteiger partial charge in [0.25, 0.3) is 5.91 Å². The average molecular weight is 365 g/mol. The van der Waals surface area contributed by atoms with Crippen LogP contribution in [0.1, 0.15) is 23.2 Å². The van der Waals surface area contributed by atoms with Gasteiger partial charge in [-0.1, -0.05) is 0 Å². The molecule has 1 saturated heterocycles. The third-order valence-electron chi connectivity index (χ3n) is 4.23. The highest BCUT2D eigenvalue weighted by Crippen LogP contribution is 2.16. The van der Waals surface area contributed by atoms with Crippen LogP contribution < -0.4 is 10.6 Å². The minimum Gasteiger partial charge on any atom is -0.375 e. The standard InChI is InChI=1S/C18H24FN3O4/c1-26-12-16(23)22-10-2-3-14(11-22)18(25)21-9-8-20-17(24)13-4-6-15(19)7-5-13/h4-7,14H,2-3,8-12H2,1H3,(H,20,24)(H,21,25)/t14-/m0/s1. The number of methoxy groups -OCH3 is 1. The first-order chi connectivity index (χ1) is 12.5. The lowest BCUT2D eigenvalue weighted by Crippen LogP contribution is -2.47. The number of nitrogens with zero attached hydrogens (tertiary/aromatic N) is 1. The number of halogens is 1. The van der Waals surface area contributed by atoms with E-state index in [1.165, 1.54) is 31.4 Å². The fraction of sp³-hybridized carbons (Fsp3) is 0.500. The van der Waals surface area contributed by atoms with Crippen LogP contribution in [-0.4, -0.2) is 62.5 Å². The molecule has 26 heavy (non-hydrogen) atoms. The van der Waals surface area contributed by atoms with Gasteiger partial charge < -0.3 is 20.3 Å². The maximum absolute atomic E-state index is 12.8. The van der Waals surface area contributed by atoms with E-state index in [-0.39, 0.29) is 43.3 Å². The van der Waals surface area contributed by atoms with Gasteiger partial charge in [0.05, 0.1) is 5.92 Å². The van der Waals surface area contributed by atoms with Crippen molar-refractivity contribution in [1.29, 1.82) is 0 Å². The predicted molar refractivity (Wildman–Crippen MR) is 92.9 cm³/mol. The van der Waals surface area contributed by atoms with Crippen molar-refractivity contribution in [1.82, 2.24) is 15.5 Å². The smallest absolute Gasteiger partial charge is 0.251 e. The van der Waals surface area contributed by atoms with Crippen LogP contribution in [-0.2, 0) is 14.3 Å². The second-order valence-corrected chi connectivity index (χ2v) is 6.17. The zero-order valence-electron chi connectivity index (χ0n) is 14.8. The number of rotatable bonds is 7. The molecular formula is C18H24FN3O4. The second-order valence-electron chi connectivity index (χ2n) is 6.17. The van der Waals surface area contributed by atoms with E-state index in [2.05, 4.69) is 10.6 Å². The van der Waals surface area contributed by atoms with E-state index in [0.717, 1.165) is 12.8 Å². The third-order valence-corrected chi connectivity index (χ3v) is 4.23. The molecule has 1 aromatic carbocycles. The second kappa shape index (κ2) is 9.86. The van der Waals surface area contributed by atoms with Gasteiger partial charge in [0.15, 0.2) is 0 Å². The highest BCUT2D eigenvalue weighted by Gasteiger charge is 2.27. The monoisotopic (exact) mass is 365 g/mol. The molecule has 0 bridgehead atoms. The number of hydrogen-bond acceptors (Lipinski definition) is 4. The summed E-state index contributed by atoms with van der Waals surface area (Å²) in [5, 5.41) is 5.44. The van der Waals surface area contributed by atoms with Crippen molar-refractivity contribution in [3.05, 3.63) is 35.6 Å². The van der Waals surface area contributed by atoms with Crippen molar-refractivity contribution >= 4 is 17.7 Å². The Morgan fingerprint density at radius 1 is 1.19 bits per heavy atom. The Kier molecular flexibility index (Phi) is 7.53. The number of benzene rings is 1. The number of nitrogens with one attached hydrogen (secondary N) is 2. The van der Waals surface area contributed by atoms with Crippen molar-refractivity contribution in [3.8, 4) is 0 Å². The Hall–Kier alpha value is -2.48. The van der Waals surface area contributed by atoms with Crippen LogP contribution in [0.15, 0.2) is 24.3 Å². The molecule has 0 saturated carbocycles. The van der Waals surface area contributed by atoms with Crippen molar-refractivity contribution in [2.75, 3.05) is 39.9 Å². The molecule has 1 aromatic rings. The summed E-state index contributed by atoms with van der Waals surface area (Å²) >= 11 is 0. The minimum absolute atomic E-state index is 0.0176. The van der Waals surface area contributed by atoms with Crippen LogP contribution in [0, 0.1) is 11.7 Å². The summed E-state index contributed by atoms with van der Waals surface area (Å²) in [6, 6.07) is 5.24. The Morgan fingerprint density at radius 3 is 2.58 bits per heavy atom. The van der Waals surface area contributed by atoms with Crippen LogP contribution in [0.5, 0.6) is 0 Å². The molecule has 1 aliphatic rings. The summed E-state index contributed by atoms with van der Waals surface area (Å²) in [5.74, 6) is -1.22. The molecule has 1 aliphatic heterocycles. The van der Waals surface area contributed by atoms with E-state index < -0.39 is 5.82 Å². The fourth-order valence-corrected chi connectivity index (χ4v) is 2.84. The van der Waals surface area contributed by atoms with E-state index >= 15 is 0 Å². The highest BCUT2D eigenvalue weighted by molar-refractivity contribution is 5.94. The first-order valence-corrected chi connectivity index (χ1v) is 8.59. The van der Waals surface area contributed by atoms with Gasteiger partial charge in [0, 0.05) is 38.9 Å². The van der Waals surface area contributed by atoms with Crippen LogP contribution in [0.3, 0.4) is 0 Å². The molecule has 2 rings (SSSR count). The number of amides is 3. The van der Waals surface area contributed by atoms with Crippen LogP contribution in [0.25, 0.3) is 0 Å². The summed E-state index contributed by atoms with van der Waals surface area (Å²) in [4.78, 5) is 37.6. The molecule has 0 spiro atoms. The van der Waals surface area contributed by atoms with Crippen molar-refractivity contribution in [2.45, 2.75) is 12.8 Å². The van der Waals surface area contributed by atoms with E-state index in [0.29, 0.717) is 18.7 Å². The van der Waals surface area contributed by atoms with Gasteiger partial charge in [-0.15, -0.1) is 0 Å². The normalized spacial score (nSPS) is 16.8. The number of ether oxygens (including phenoxy) is 1. The quantitative estimate of drug-likeness (QED) is 0.691. The van der Waals surface area contributed by atoms with Crippen molar-refractivity contribution in [3.63, 3.8) is 0 Å². The molecule has 0 aromatic heterocycles. The molecule has 0 unspecified atom stereocenters. The average Bonchev–Trinajstić information content (AvgIpc) is 2.65. The number of hydrogen-bond donors (Lipinski definition) is 2. The molecule has 1 heterocycles. The first-order valence-electron chi connectivity index (χ1n) is 8.59. The van der Waals surface area contributed by atoms with Gasteiger partial charge in [-0.05, 0) is 37.1 Å². The summed E-state index contributed by atoms with van der Waals surface area (Å²) < 4.78 is 17.7. The summed E-state index contributed by atoms with van der Waals surface area (Å²) in [5.41, 5.74) is 0.359. The Balaban J connectivity index is 1.70. The van der Waals surface area contributed by atoms with Crippen molar-refractivity contribution < 1.29 is 23.5 Å². The summed E-state index contributed by atoms with van der Waals surface area (Å²) in [7, 11) is 1.46. The van der Waals surface area contributed by atoms with Crippen LogP contribution in [0.2, 0.25) is 0 Å². The topological polar surface area (TPSA) is 87.7 Å².